The molecule has 0 aliphatic heterocycles. The van der Waals surface area contributed by atoms with Crippen molar-refractivity contribution in [2.75, 3.05) is 0 Å². The van der Waals surface area contributed by atoms with E-state index in [4.69, 9.17) is 0 Å². The zero-order valence-electron chi connectivity index (χ0n) is 15.5. The molecule has 0 aliphatic rings. The SMILES string of the molecule is [Zr].c1ccc(-c2cc3c(-c4ccccc4)ccc(-c4ccccc4)c3[cH-]2)cc1. The molecule has 0 saturated heterocycles. The standard InChI is InChI=1S/C27H19.Zr/c1-4-10-20(11-5-1)23-18-26-24(21-12-6-2-7-13-21)16-17-25(27(26)19-23)22-14-8-3-9-15-22;/h1-19H;/q-1;. The first kappa shape index (κ1) is 18.7. The summed E-state index contributed by atoms with van der Waals surface area (Å²) in [7, 11) is 0. The van der Waals surface area contributed by atoms with Crippen molar-refractivity contribution in [2.45, 2.75) is 0 Å². The van der Waals surface area contributed by atoms with Gasteiger partial charge in [-0.1, -0.05) is 125 Å². The Balaban J connectivity index is 0.00000192. The van der Waals surface area contributed by atoms with Gasteiger partial charge in [0.15, 0.2) is 0 Å². The minimum absolute atomic E-state index is 0. The Bertz CT molecular complexity index is 1110. The fourth-order valence-corrected chi connectivity index (χ4v) is 3.84. The molecule has 0 saturated carbocycles. The molecule has 0 aliphatic carbocycles. The van der Waals surface area contributed by atoms with Crippen LogP contribution < -0.4 is 0 Å². The number of rotatable bonds is 3. The van der Waals surface area contributed by atoms with E-state index in [0.717, 1.165) is 0 Å². The van der Waals surface area contributed by atoms with Crippen LogP contribution in [-0.2, 0) is 26.2 Å². The van der Waals surface area contributed by atoms with Crippen molar-refractivity contribution < 1.29 is 26.2 Å². The van der Waals surface area contributed by atoms with Crippen molar-refractivity contribution in [3.63, 3.8) is 0 Å². The maximum Gasteiger partial charge on any atom is 0 e. The molecule has 0 unspecified atom stereocenters. The molecule has 0 radical (unpaired) electrons. The van der Waals surface area contributed by atoms with Crippen LogP contribution in [0.4, 0.5) is 0 Å². The van der Waals surface area contributed by atoms with Crippen molar-refractivity contribution >= 4 is 10.8 Å². The summed E-state index contributed by atoms with van der Waals surface area (Å²) in [5, 5.41) is 2.61. The Labute approximate surface area is 185 Å². The average molecular weight is 435 g/mol. The Morgan fingerprint density at radius 2 is 0.929 bits per heavy atom. The van der Waals surface area contributed by atoms with Gasteiger partial charge in [-0.15, -0.1) is 28.5 Å². The smallest absolute Gasteiger partial charge is 0 e. The monoisotopic (exact) mass is 433 g/mol. The predicted molar refractivity (Wildman–Crippen MR) is 116 cm³/mol. The zero-order valence-corrected chi connectivity index (χ0v) is 17.9. The molecule has 5 rings (SSSR count). The topological polar surface area (TPSA) is 0 Å². The van der Waals surface area contributed by atoms with Crippen LogP contribution in [0.25, 0.3) is 44.2 Å². The fraction of sp³-hybridized carbons (Fsp3) is 0. The van der Waals surface area contributed by atoms with Crippen molar-refractivity contribution in [3.05, 3.63) is 115 Å². The summed E-state index contributed by atoms with van der Waals surface area (Å²) in [5.41, 5.74) is 7.61. The van der Waals surface area contributed by atoms with E-state index in [0.29, 0.717) is 0 Å². The van der Waals surface area contributed by atoms with Gasteiger partial charge < -0.3 is 0 Å². The first-order chi connectivity index (χ1) is 13.4. The van der Waals surface area contributed by atoms with Gasteiger partial charge in [-0.25, -0.2) is 0 Å². The molecule has 0 nitrogen and oxygen atoms in total. The Hall–Kier alpha value is -2.63. The van der Waals surface area contributed by atoms with Crippen LogP contribution in [0.15, 0.2) is 115 Å². The number of hydrogen-bond donors (Lipinski definition) is 0. The van der Waals surface area contributed by atoms with Gasteiger partial charge in [-0.2, -0.15) is 0 Å². The van der Waals surface area contributed by atoms with Crippen molar-refractivity contribution in [3.8, 4) is 33.4 Å². The molecule has 5 aromatic rings. The maximum absolute atomic E-state index is 2.33. The Morgan fingerprint density at radius 1 is 0.464 bits per heavy atom. The third-order valence-corrected chi connectivity index (χ3v) is 5.16. The molecule has 1 heteroatoms. The second-order valence-electron chi connectivity index (χ2n) is 6.83. The molecule has 132 valence electrons. The van der Waals surface area contributed by atoms with E-state index in [-0.39, 0.29) is 26.2 Å². The Kier molecular flexibility index (Phi) is 5.46. The van der Waals surface area contributed by atoms with Crippen LogP contribution in [0.1, 0.15) is 0 Å². The van der Waals surface area contributed by atoms with Gasteiger partial charge in [0.25, 0.3) is 0 Å². The molecular weight excluding hydrogens is 416 g/mol. The van der Waals surface area contributed by atoms with Gasteiger partial charge in [0.1, 0.15) is 0 Å². The molecular formula is C27H19Zr-. The van der Waals surface area contributed by atoms with Crippen LogP contribution in [-0.4, -0.2) is 0 Å². The van der Waals surface area contributed by atoms with Crippen LogP contribution >= 0.6 is 0 Å². The Morgan fingerprint density at radius 3 is 1.50 bits per heavy atom. The van der Waals surface area contributed by atoms with E-state index >= 15 is 0 Å². The quantitative estimate of drug-likeness (QED) is 0.257. The predicted octanol–water partition coefficient (Wildman–Crippen LogP) is 7.56. The molecule has 0 spiro atoms. The fourth-order valence-electron chi connectivity index (χ4n) is 3.84. The molecule has 0 amide bonds. The summed E-state index contributed by atoms with van der Waals surface area (Å²) < 4.78 is 0. The van der Waals surface area contributed by atoms with Gasteiger partial charge in [0, 0.05) is 26.2 Å². The summed E-state index contributed by atoms with van der Waals surface area (Å²) >= 11 is 0. The number of hydrogen-bond acceptors (Lipinski definition) is 0. The normalized spacial score (nSPS) is 10.6. The number of fused-ring (bicyclic) bond motifs is 1. The van der Waals surface area contributed by atoms with Crippen LogP contribution in [0.2, 0.25) is 0 Å². The summed E-state index contributed by atoms with van der Waals surface area (Å²) in [5.74, 6) is 0. The molecule has 0 bridgehead atoms. The van der Waals surface area contributed by atoms with E-state index in [2.05, 4.69) is 115 Å². The van der Waals surface area contributed by atoms with Crippen LogP contribution in [0, 0.1) is 0 Å². The first-order valence-corrected chi connectivity index (χ1v) is 9.30. The van der Waals surface area contributed by atoms with Crippen molar-refractivity contribution in [1.82, 2.24) is 0 Å². The third-order valence-electron chi connectivity index (χ3n) is 5.16. The van der Waals surface area contributed by atoms with Crippen LogP contribution in [0.5, 0.6) is 0 Å². The molecule has 0 fully saturated rings. The van der Waals surface area contributed by atoms with Crippen molar-refractivity contribution in [1.29, 1.82) is 0 Å². The van der Waals surface area contributed by atoms with E-state index in [9.17, 15) is 0 Å². The van der Waals surface area contributed by atoms with E-state index in [1.807, 2.05) is 0 Å². The molecule has 0 atom stereocenters. The number of benzene rings is 4. The van der Waals surface area contributed by atoms with Gasteiger partial charge >= 0.3 is 0 Å². The largest absolute Gasteiger partial charge is 0.144 e. The van der Waals surface area contributed by atoms with Gasteiger partial charge in [0.2, 0.25) is 0 Å². The summed E-state index contributed by atoms with van der Waals surface area (Å²) in [6.07, 6.45) is 0. The third kappa shape index (κ3) is 3.43. The molecule has 0 heterocycles. The van der Waals surface area contributed by atoms with E-state index < -0.39 is 0 Å². The van der Waals surface area contributed by atoms with Gasteiger partial charge in [-0.3, -0.25) is 0 Å². The van der Waals surface area contributed by atoms with E-state index in [1.54, 1.807) is 0 Å². The summed E-state index contributed by atoms with van der Waals surface area (Å²) in [6, 6.07) is 41.1. The van der Waals surface area contributed by atoms with Crippen LogP contribution in [0.3, 0.4) is 0 Å². The second kappa shape index (κ2) is 8.17. The van der Waals surface area contributed by atoms with Crippen molar-refractivity contribution in [2.24, 2.45) is 0 Å². The summed E-state index contributed by atoms with van der Waals surface area (Å²) in [6.45, 7) is 0. The summed E-state index contributed by atoms with van der Waals surface area (Å²) in [4.78, 5) is 0. The molecule has 0 N–H and O–H groups in total. The average Bonchev–Trinajstić information content (AvgIpc) is 3.20. The minimum Gasteiger partial charge on any atom is -0.144 e. The van der Waals surface area contributed by atoms with Gasteiger partial charge in [0.05, 0.1) is 0 Å². The van der Waals surface area contributed by atoms with Gasteiger partial charge in [-0.05, 0) is 5.56 Å². The molecule has 5 aromatic carbocycles. The van der Waals surface area contributed by atoms with E-state index in [1.165, 1.54) is 44.2 Å². The first-order valence-electron chi connectivity index (χ1n) is 9.30. The zero-order chi connectivity index (χ0) is 18.1. The molecule has 28 heavy (non-hydrogen) atoms. The minimum atomic E-state index is 0. The molecule has 0 aromatic heterocycles. The second-order valence-corrected chi connectivity index (χ2v) is 6.83. The maximum atomic E-state index is 2.33.